The van der Waals surface area contributed by atoms with Crippen LogP contribution in [0.4, 0.5) is 0 Å². The molecule has 0 amide bonds. The van der Waals surface area contributed by atoms with E-state index >= 15 is 0 Å². The second kappa shape index (κ2) is 47.3. The number of piperidine rings is 1. The smallest absolute Gasteiger partial charge is 0.303 e. The molecule has 0 aromatic heterocycles. The van der Waals surface area contributed by atoms with Crippen LogP contribution in [-0.2, 0) is 14.4 Å². The van der Waals surface area contributed by atoms with E-state index in [2.05, 4.69) is 11.9 Å². The first-order chi connectivity index (χ1) is 32.9. The minimum Gasteiger partial charge on any atom is -0.481 e. The molecule has 0 radical (unpaired) electrons. The Morgan fingerprint density at radius 2 is 0.565 bits per heavy atom. The first kappa shape index (κ1) is 69.3. The first-order valence-corrected chi connectivity index (χ1v) is 29.1. The summed E-state index contributed by atoms with van der Waals surface area (Å²) in [5.41, 5.74) is 0.895. The van der Waals surface area contributed by atoms with E-state index in [0.29, 0.717) is 30.2 Å². The van der Waals surface area contributed by atoms with E-state index in [4.69, 9.17) is 15.3 Å². The third kappa shape index (κ3) is 42.5. The summed E-state index contributed by atoms with van der Waals surface area (Å²) in [5, 5.41) is 26.5. The molecular formula is C59H120N4O6. The minimum atomic E-state index is -0.661. The number of hydrogen-bond donors (Lipinski definition) is 3. The summed E-state index contributed by atoms with van der Waals surface area (Å²) >= 11 is 0. The number of unbranched alkanes of at least 4 members (excludes halogenated alkanes) is 30. The largest absolute Gasteiger partial charge is 0.481 e. The fraction of sp³-hybridized carbons (Fsp3) is 0.949. The van der Waals surface area contributed by atoms with Gasteiger partial charge >= 0.3 is 17.9 Å². The van der Waals surface area contributed by atoms with Crippen molar-refractivity contribution >= 4 is 17.9 Å². The van der Waals surface area contributed by atoms with Crippen LogP contribution in [0.2, 0.25) is 0 Å². The van der Waals surface area contributed by atoms with Gasteiger partial charge in [0.2, 0.25) is 0 Å². The average Bonchev–Trinajstić information content (AvgIpc) is 3.49. The summed E-state index contributed by atoms with van der Waals surface area (Å²) in [5.74, 6) is -1.98. The van der Waals surface area contributed by atoms with E-state index in [9.17, 15) is 14.4 Å². The first-order valence-electron chi connectivity index (χ1n) is 29.1. The summed E-state index contributed by atoms with van der Waals surface area (Å²) in [6.45, 7) is 0. The van der Waals surface area contributed by atoms with Crippen molar-refractivity contribution in [2.75, 3.05) is 70.5 Å². The van der Waals surface area contributed by atoms with Gasteiger partial charge in [-0.2, -0.15) is 0 Å². The fourth-order valence-corrected chi connectivity index (χ4v) is 11.1. The van der Waals surface area contributed by atoms with Crippen molar-refractivity contribution in [1.82, 2.24) is 19.6 Å². The lowest BCUT2D eigenvalue weighted by Gasteiger charge is -2.58. The van der Waals surface area contributed by atoms with Gasteiger partial charge in [-0.25, -0.2) is 0 Å². The molecule has 2 saturated heterocycles. The molecule has 69 heavy (non-hydrogen) atoms. The lowest BCUT2D eigenvalue weighted by Crippen LogP contribution is -2.60. The maximum atomic E-state index is 10.7. The van der Waals surface area contributed by atoms with Gasteiger partial charge in [-0.05, 0) is 140 Å². The highest BCUT2D eigenvalue weighted by Gasteiger charge is 2.59. The van der Waals surface area contributed by atoms with Gasteiger partial charge in [-0.15, -0.1) is 0 Å². The highest BCUT2D eigenvalue weighted by atomic mass is 16.4. The van der Waals surface area contributed by atoms with E-state index in [0.717, 1.165) is 44.6 Å². The normalized spacial score (nSPS) is 17.3. The second-order valence-electron chi connectivity index (χ2n) is 23.0. The average molecular weight is 982 g/mol. The third-order valence-corrected chi connectivity index (χ3v) is 14.6. The Kier molecular flexibility index (Phi) is 47.5. The summed E-state index contributed by atoms with van der Waals surface area (Å²) in [4.78, 5) is 41.1. The molecule has 2 rings (SSSR count). The topological polar surface area (TPSA) is 125 Å². The highest BCUT2D eigenvalue weighted by Crippen LogP contribution is 2.60. The quantitative estimate of drug-likeness (QED) is 0.0509. The van der Waals surface area contributed by atoms with E-state index in [1.807, 2.05) is 78.1 Å². The van der Waals surface area contributed by atoms with Crippen LogP contribution < -0.4 is 0 Å². The summed E-state index contributed by atoms with van der Waals surface area (Å²) in [6, 6.07) is 0.802. The molecule has 10 heteroatoms. The van der Waals surface area contributed by atoms with Crippen molar-refractivity contribution < 1.29 is 29.7 Å². The molecule has 0 saturated carbocycles. The van der Waals surface area contributed by atoms with Crippen LogP contribution in [0.3, 0.4) is 0 Å². The van der Waals surface area contributed by atoms with Gasteiger partial charge in [-0.3, -0.25) is 19.3 Å². The van der Waals surface area contributed by atoms with Crippen molar-refractivity contribution in [3.63, 3.8) is 0 Å². The van der Waals surface area contributed by atoms with Crippen molar-refractivity contribution in [2.24, 2.45) is 5.41 Å². The molecule has 0 aromatic carbocycles. The molecule has 2 aliphatic heterocycles. The van der Waals surface area contributed by atoms with Crippen LogP contribution in [0.1, 0.15) is 276 Å². The van der Waals surface area contributed by atoms with Crippen molar-refractivity contribution in [3.8, 4) is 0 Å². The maximum absolute atomic E-state index is 10.7. The molecule has 0 spiro atoms. The molecule has 10 nitrogen and oxygen atoms in total. The van der Waals surface area contributed by atoms with Crippen LogP contribution in [0.15, 0.2) is 0 Å². The molecule has 2 bridgehead atoms. The molecule has 2 fully saturated rings. The van der Waals surface area contributed by atoms with Crippen LogP contribution in [0.5, 0.6) is 0 Å². The minimum absolute atomic E-state index is 0.323. The van der Waals surface area contributed by atoms with Gasteiger partial charge < -0.3 is 30.0 Å². The monoisotopic (exact) mass is 981 g/mol. The van der Waals surface area contributed by atoms with Gasteiger partial charge in [0.1, 0.15) is 0 Å². The number of carboxylic acid groups (broad SMARTS) is 3. The van der Waals surface area contributed by atoms with E-state index in [1.165, 1.54) is 218 Å². The second-order valence-corrected chi connectivity index (χ2v) is 23.0. The predicted octanol–water partition coefficient (Wildman–Crippen LogP) is 15.6. The maximum Gasteiger partial charge on any atom is 0.303 e. The molecule has 3 N–H and O–H groups in total. The Morgan fingerprint density at radius 1 is 0.362 bits per heavy atom. The number of carboxylic acids is 3. The predicted molar refractivity (Wildman–Crippen MR) is 297 cm³/mol. The molecule has 2 heterocycles. The standard InChI is InChI=1S/C50H93NO6.3C3H9N/c1-51-45-38-43-49(40-32-26-20-14-8-2-5-11-17-23-29-35-46(52)53,41-33-27-21-15-9-3-6-12-18-24-30-36-47(54)55)50(51,44-39-45)42-34-28-22-16-10-4-7-13-19-25-31-37-48(56)57;3*1-4(2)3/h45H,2-44H2,1H3,(H,52,53)(H,54,55)(H,56,57);3*1-3H3/t45-,50-;;;/m1.../s1. The number of rotatable bonds is 42. The van der Waals surface area contributed by atoms with Gasteiger partial charge in [0.15, 0.2) is 0 Å². The van der Waals surface area contributed by atoms with Gasteiger partial charge in [0.05, 0.1) is 0 Å². The Balaban J connectivity index is 0. The number of aliphatic carboxylic acids is 3. The molecule has 0 unspecified atom stereocenters. The van der Waals surface area contributed by atoms with E-state index in [-0.39, 0.29) is 0 Å². The SMILES string of the molecule is CN(C)C.CN(C)C.CN(C)C.CN1[C@@H]2CCC(CCCCCCCCCCCCCC(=O)O)(CCCCCCCCCCCCCC(=O)O)[C@@]1(CCCCCCCCCCCCCC(=O)O)CC2. The van der Waals surface area contributed by atoms with Crippen LogP contribution >= 0.6 is 0 Å². The molecule has 0 aliphatic carbocycles. The number of carbonyl (C=O) groups is 3. The Morgan fingerprint density at radius 3 is 0.812 bits per heavy atom. The van der Waals surface area contributed by atoms with Crippen molar-refractivity contribution in [1.29, 1.82) is 0 Å². The van der Waals surface area contributed by atoms with E-state index in [1.54, 1.807) is 0 Å². The third-order valence-electron chi connectivity index (χ3n) is 14.6. The lowest BCUT2D eigenvalue weighted by molar-refractivity contribution is -0.138. The molecular weight excluding hydrogens is 861 g/mol. The summed E-state index contributed by atoms with van der Waals surface area (Å²) < 4.78 is 0. The van der Waals surface area contributed by atoms with Crippen molar-refractivity contribution in [3.05, 3.63) is 0 Å². The Bertz CT molecular complexity index is 1110. The molecule has 2 aliphatic rings. The van der Waals surface area contributed by atoms with Crippen LogP contribution in [-0.4, -0.2) is 135 Å². The zero-order valence-corrected chi connectivity index (χ0v) is 47.8. The van der Waals surface area contributed by atoms with Crippen LogP contribution in [0, 0.1) is 5.41 Å². The zero-order chi connectivity index (χ0) is 52.0. The lowest BCUT2D eigenvalue weighted by atomic mass is 9.57. The number of nitrogens with zero attached hydrogens (tertiary/aromatic N) is 4. The van der Waals surface area contributed by atoms with E-state index < -0.39 is 17.9 Å². The summed E-state index contributed by atoms with van der Waals surface area (Å²) in [7, 11) is 20.5. The highest BCUT2D eigenvalue weighted by molar-refractivity contribution is 5.67. The van der Waals surface area contributed by atoms with Gasteiger partial charge in [0, 0.05) is 30.8 Å². The number of hydrogen-bond acceptors (Lipinski definition) is 7. The molecule has 2 atom stereocenters. The Labute approximate surface area is 429 Å². The zero-order valence-electron chi connectivity index (χ0n) is 47.8. The Hall–Kier alpha value is -1.75. The fourth-order valence-electron chi connectivity index (χ4n) is 11.1. The number of fused-ring (bicyclic) bond motifs is 2. The molecule has 412 valence electrons. The van der Waals surface area contributed by atoms with Crippen LogP contribution in [0.25, 0.3) is 0 Å². The van der Waals surface area contributed by atoms with Crippen molar-refractivity contribution in [2.45, 2.75) is 288 Å². The molecule has 0 aromatic rings. The van der Waals surface area contributed by atoms with Gasteiger partial charge in [-0.1, -0.05) is 193 Å². The van der Waals surface area contributed by atoms with Gasteiger partial charge in [0.25, 0.3) is 0 Å². The summed E-state index contributed by atoms with van der Waals surface area (Å²) in [6.07, 6.45) is 52.6.